The van der Waals surface area contributed by atoms with E-state index in [1.807, 2.05) is 6.20 Å². The number of aromatic nitrogens is 2. The zero-order valence-electron chi connectivity index (χ0n) is 25.4. The van der Waals surface area contributed by atoms with Crippen molar-refractivity contribution in [2.45, 2.75) is 27.7 Å². The van der Waals surface area contributed by atoms with Crippen LogP contribution >= 0.6 is 0 Å². The van der Waals surface area contributed by atoms with Crippen molar-refractivity contribution in [3.8, 4) is 33.5 Å². The number of aryl methyl sites for hydroxylation is 3. The monoisotopic (exact) mass is 564 g/mol. The normalized spacial score (nSPS) is 11.6. The summed E-state index contributed by atoms with van der Waals surface area (Å²) < 4.78 is 0. The van der Waals surface area contributed by atoms with Crippen LogP contribution in [0.3, 0.4) is 0 Å². The SMILES string of the molecule is Cc1cnc2c(ccc3c(C)c(C)c(-c4ccc(-c5ccc6ccc(-c7cccc8ccccc78)cc6c5)cc4)nc32)c1C. The summed E-state index contributed by atoms with van der Waals surface area (Å²) in [5.41, 5.74) is 13.9. The van der Waals surface area contributed by atoms with Crippen molar-refractivity contribution in [3.05, 3.63) is 144 Å². The van der Waals surface area contributed by atoms with E-state index in [-0.39, 0.29) is 0 Å². The molecular formula is C42H32N2. The zero-order valence-corrected chi connectivity index (χ0v) is 25.4. The average Bonchev–Trinajstić information content (AvgIpc) is 3.07. The number of rotatable bonds is 3. The Labute approximate surface area is 257 Å². The molecule has 0 aliphatic rings. The summed E-state index contributed by atoms with van der Waals surface area (Å²) in [6.07, 6.45) is 1.97. The highest BCUT2D eigenvalue weighted by molar-refractivity contribution is 6.06. The number of pyridine rings is 2. The van der Waals surface area contributed by atoms with Gasteiger partial charge in [0, 0.05) is 22.5 Å². The minimum atomic E-state index is 0.976. The lowest BCUT2D eigenvalue weighted by Gasteiger charge is -2.15. The molecule has 0 aliphatic carbocycles. The van der Waals surface area contributed by atoms with E-state index in [2.05, 4.69) is 143 Å². The van der Waals surface area contributed by atoms with Gasteiger partial charge in [0.1, 0.15) is 0 Å². The van der Waals surface area contributed by atoms with Crippen molar-refractivity contribution in [1.82, 2.24) is 9.97 Å². The Balaban J connectivity index is 1.19. The van der Waals surface area contributed by atoms with Gasteiger partial charge in [-0.25, -0.2) is 4.98 Å². The third kappa shape index (κ3) is 4.18. The first-order valence-corrected chi connectivity index (χ1v) is 15.2. The van der Waals surface area contributed by atoms with Crippen LogP contribution < -0.4 is 0 Å². The van der Waals surface area contributed by atoms with E-state index in [1.165, 1.54) is 76.8 Å². The van der Waals surface area contributed by atoms with Crippen LogP contribution in [0, 0.1) is 27.7 Å². The molecule has 0 saturated carbocycles. The molecule has 210 valence electrons. The number of nitrogens with zero attached hydrogens (tertiary/aromatic N) is 2. The molecule has 2 aromatic heterocycles. The molecule has 6 aromatic carbocycles. The first-order valence-electron chi connectivity index (χ1n) is 15.2. The van der Waals surface area contributed by atoms with Crippen molar-refractivity contribution in [2.75, 3.05) is 0 Å². The van der Waals surface area contributed by atoms with E-state index in [0.29, 0.717) is 0 Å². The van der Waals surface area contributed by atoms with Crippen LogP contribution in [0.1, 0.15) is 22.3 Å². The molecule has 0 atom stereocenters. The van der Waals surface area contributed by atoms with Crippen LogP contribution in [-0.2, 0) is 0 Å². The molecule has 2 heterocycles. The molecule has 0 saturated heterocycles. The van der Waals surface area contributed by atoms with Gasteiger partial charge in [0.05, 0.1) is 16.7 Å². The Hall–Kier alpha value is -5.34. The first kappa shape index (κ1) is 26.3. The Kier molecular flexibility index (Phi) is 6.06. The maximum atomic E-state index is 5.25. The molecule has 0 spiro atoms. The van der Waals surface area contributed by atoms with Crippen LogP contribution in [0.15, 0.2) is 121 Å². The Morgan fingerprint density at radius 3 is 1.91 bits per heavy atom. The molecule has 2 nitrogen and oxygen atoms in total. The van der Waals surface area contributed by atoms with Gasteiger partial charge in [0.15, 0.2) is 0 Å². The fourth-order valence-corrected chi connectivity index (χ4v) is 6.65. The topological polar surface area (TPSA) is 25.8 Å². The molecule has 44 heavy (non-hydrogen) atoms. The number of hydrogen-bond acceptors (Lipinski definition) is 2. The fourth-order valence-electron chi connectivity index (χ4n) is 6.65. The summed E-state index contributed by atoms with van der Waals surface area (Å²) in [6.45, 7) is 8.67. The highest BCUT2D eigenvalue weighted by Gasteiger charge is 2.15. The largest absolute Gasteiger partial charge is 0.254 e. The maximum Gasteiger partial charge on any atom is 0.0975 e. The van der Waals surface area contributed by atoms with Gasteiger partial charge < -0.3 is 0 Å². The minimum Gasteiger partial charge on any atom is -0.254 e. The second kappa shape index (κ2) is 10.1. The molecule has 0 aliphatic heterocycles. The van der Waals surface area contributed by atoms with Crippen molar-refractivity contribution in [1.29, 1.82) is 0 Å². The molecule has 0 radical (unpaired) electrons. The standard InChI is InChI=1S/C42H32N2/c1-25-24-43-41-36(26(25)2)20-21-37-27(3)28(4)40(44-42(37)41)32-16-12-29(13-17-32)33-18-14-30-15-19-34(23-35(30)22-33)39-11-7-9-31-8-5-6-10-38(31)39/h5-24H,1-4H3. The van der Waals surface area contributed by atoms with Gasteiger partial charge >= 0.3 is 0 Å². The summed E-state index contributed by atoms with van der Waals surface area (Å²) in [7, 11) is 0. The van der Waals surface area contributed by atoms with E-state index in [4.69, 9.17) is 9.97 Å². The maximum absolute atomic E-state index is 5.25. The lowest BCUT2D eigenvalue weighted by Crippen LogP contribution is -1.97. The molecule has 0 unspecified atom stereocenters. The number of fused-ring (bicyclic) bond motifs is 5. The zero-order chi connectivity index (χ0) is 29.9. The predicted molar refractivity (Wildman–Crippen MR) is 187 cm³/mol. The predicted octanol–water partition coefficient (Wildman–Crippen LogP) is 11.3. The molecule has 0 bridgehead atoms. The van der Waals surface area contributed by atoms with E-state index >= 15 is 0 Å². The molecule has 0 fully saturated rings. The summed E-state index contributed by atoms with van der Waals surface area (Å²) >= 11 is 0. The van der Waals surface area contributed by atoms with Gasteiger partial charge in [0.2, 0.25) is 0 Å². The van der Waals surface area contributed by atoms with Crippen LogP contribution in [0.25, 0.3) is 76.9 Å². The van der Waals surface area contributed by atoms with Gasteiger partial charge in [0.25, 0.3) is 0 Å². The van der Waals surface area contributed by atoms with Crippen LogP contribution in [-0.4, -0.2) is 9.97 Å². The smallest absolute Gasteiger partial charge is 0.0975 e. The molecule has 8 aromatic rings. The van der Waals surface area contributed by atoms with Gasteiger partial charge in [-0.2, -0.15) is 0 Å². The highest BCUT2D eigenvalue weighted by atomic mass is 14.8. The molecule has 0 N–H and O–H groups in total. The third-order valence-corrected chi connectivity index (χ3v) is 9.51. The lowest BCUT2D eigenvalue weighted by atomic mass is 9.94. The Bertz CT molecular complexity index is 2410. The van der Waals surface area contributed by atoms with Crippen LogP contribution in [0.4, 0.5) is 0 Å². The second-order valence-electron chi connectivity index (χ2n) is 12.0. The summed E-state index contributed by atoms with van der Waals surface area (Å²) in [6, 6.07) is 42.0. The van der Waals surface area contributed by atoms with E-state index in [0.717, 1.165) is 22.3 Å². The summed E-state index contributed by atoms with van der Waals surface area (Å²) in [5, 5.41) is 7.37. The number of benzene rings is 6. The first-order chi connectivity index (χ1) is 21.5. The summed E-state index contributed by atoms with van der Waals surface area (Å²) in [4.78, 5) is 10.1. The van der Waals surface area contributed by atoms with Crippen LogP contribution in [0.2, 0.25) is 0 Å². The molecule has 0 amide bonds. The molecular weight excluding hydrogens is 532 g/mol. The quantitative estimate of drug-likeness (QED) is 0.199. The van der Waals surface area contributed by atoms with E-state index < -0.39 is 0 Å². The number of hydrogen-bond donors (Lipinski definition) is 0. The van der Waals surface area contributed by atoms with Gasteiger partial charge in [-0.15, -0.1) is 0 Å². The van der Waals surface area contributed by atoms with Gasteiger partial charge in [-0.3, -0.25) is 4.98 Å². The lowest BCUT2D eigenvalue weighted by molar-refractivity contribution is 1.25. The van der Waals surface area contributed by atoms with Gasteiger partial charge in [-0.1, -0.05) is 103 Å². The Morgan fingerprint density at radius 1 is 0.432 bits per heavy atom. The van der Waals surface area contributed by atoms with E-state index in [9.17, 15) is 0 Å². The van der Waals surface area contributed by atoms with E-state index in [1.54, 1.807) is 0 Å². The second-order valence-corrected chi connectivity index (χ2v) is 12.0. The Morgan fingerprint density at radius 2 is 1.09 bits per heavy atom. The average molecular weight is 565 g/mol. The minimum absolute atomic E-state index is 0.976. The van der Waals surface area contributed by atoms with Crippen molar-refractivity contribution >= 4 is 43.4 Å². The summed E-state index contributed by atoms with van der Waals surface area (Å²) in [5.74, 6) is 0. The molecule has 8 rings (SSSR count). The third-order valence-electron chi connectivity index (χ3n) is 9.51. The fraction of sp³-hybridized carbons (Fsp3) is 0.0952. The highest BCUT2D eigenvalue weighted by Crippen LogP contribution is 2.36. The van der Waals surface area contributed by atoms with Crippen molar-refractivity contribution < 1.29 is 0 Å². The van der Waals surface area contributed by atoms with Crippen molar-refractivity contribution in [3.63, 3.8) is 0 Å². The van der Waals surface area contributed by atoms with Gasteiger partial charge in [-0.05, 0) is 106 Å². The van der Waals surface area contributed by atoms with Crippen LogP contribution in [0.5, 0.6) is 0 Å². The molecule has 2 heteroatoms. The van der Waals surface area contributed by atoms with Crippen molar-refractivity contribution in [2.24, 2.45) is 0 Å².